The standard InChI is InChI=1S/C10H22N2O/c1-9(3-4-11)7-12-5-6-13-8-10(12)2/h9-10H,3-8,11H2,1-2H3. The quantitative estimate of drug-likeness (QED) is 0.702. The molecular formula is C10H22N2O. The van der Waals surface area contributed by atoms with E-state index in [1.165, 1.54) is 6.54 Å². The highest BCUT2D eigenvalue weighted by Gasteiger charge is 2.19. The minimum absolute atomic E-state index is 0.578. The van der Waals surface area contributed by atoms with E-state index in [2.05, 4.69) is 18.7 Å². The van der Waals surface area contributed by atoms with Crippen LogP contribution in [0.3, 0.4) is 0 Å². The molecule has 0 saturated carbocycles. The lowest BCUT2D eigenvalue weighted by Crippen LogP contribution is -2.45. The molecule has 0 aliphatic carbocycles. The smallest absolute Gasteiger partial charge is 0.0619 e. The second-order valence-corrected chi connectivity index (χ2v) is 4.10. The molecule has 0 amide bonds. The van der Waals surface area contributed by atoms with Gasteiger partial charge in [-0.15, -0.1) is 0 Å². The molecule has 1 rings (SSSR count). The van der Waals surface area contributed by atoms with Crippen LogP contribution in [0, 0.1) is 5.92 Å². The fourth-order valence-corrected chi connectivity index (χ4v) is 1.81. The molecule has 1 aliphatic rings. The molecule has 0 aromatic heterocycles. The maximum Gasteiger partial charge on any atom is 0.0619 e. The molecule has 78 valence electrons. The largest absolute Gasteiger partial charge is 0.379 e. The number of morpholine rings is 1. The van der Waals surface area contributed by atoms with Crippen molar-refractivity contribution in [2.45, 2.75) is 26.3 Å². The Morgan fingerprint density at radius 3 is 3.00 bits per heavy atom. The van der Waals surface area contributed by atoms with Crippen LogP contribution in [0.5, 0.6) is 0 Å². The van der Waals surface area contributed by atoms with Gasteiger partial charge in [-0.05, 0) is 25.8 Å². The molecule has 1 heterocycles. The predicted octanol–water partition coefficient (Wildman–Crippen LogP) is 0.692. The van der Waals surface area contributed by atoms with Crippen molar-refractivity contribution in [3.05, 3.63) is 0 Å². The van der Waals surface area contributed by atoms with Crippen LogP contribution >= 0.6 is 0 Å². The van der Waals surface area contributed by atoms with Gasteiger partial charge in [0.1, 0.15) is 0 Å². The second kappa shape index (κ2) is 5.58. The fraction of sp³-hybridized carbons (Fsp3) is 1.00. The van der Waals surface area contributed by atoms with Crippen molar-refractivity contribution in [1.82, 2.24) is 4.90 Å². The summed E-state index contributed by atoms with van der Waals surface area (Å²) in [7, 11) is 0. The summed E-state index contributed by atoms with van der Waals surface area (Å²) in [5.41, 5.74) is 5.53. The van der Waals surface area contributed by atoms with E-state index in [0.29, 0.717) is 12.0 Å². The summed E-state index contributed by atoms with van der Waals surface area (Å²) < 4.78 is 5.39. The maximum absolute atomic E-state index is 5.53. The monoisotopic (exact) mass is 186 g/mol. The number of rotatable bonds is 4. The van der Waals surface area contributed by atoms with Crippen molar-refractivity contribution < 1.29 is 4.74 Å². The van der Waals surface area contributed by atoms with Crippen molar-refractivity contribution in [3.8, 4) is 0 Å². The lowest BCUT2D eigenvalue weighted by Gasteiger charge is -2.34. The highest BCUT2D eigenvalue weighted by atomic mass is 16.5. The molecule has 13 heavy (non-hydrogen) atoms. The van der Waals surface area contributed by atoms with Crippen LogP contribution in [-0.2, 0) is 4.74 Å². The minimum atomic E-state index is 0.578. The summed E-state index contributed by atoms with van der Waals surface area (Å²) in [6.07, 6.45) is 1.13. The third kappa shape index (κ3) is 3.63. The average Bonchev–Trinajstić information content (AvgIpc) is 2.09. The van der Waals surface area contributed by atoms with Gasteiger partial charge in [-0.2, -0.15) is 0 Å². The second-order valence-electron chi connectivity index (χ2n) is 4.10. The van der Waals surface area contributed by atoms with Crippen molar-refractivity contribution in [1.29, 1.82) is 0 Å². The Morgan fingerprint density at radius 1 is 1.62 bits per heavy atom. The first kappa shape index (κ1) is 11.0. The van der Waals surface area contributed by atoms with Crippen LogP contribution in [0.2, 0.25) is 0 Å². The summed E-state index contributed by atoms with van der Waals surface area (Å²) in [5, 5.41) is 0. The first-order valence-electron chi connectivity index (χ1n) is 5.26. The zero-order chi connectivity index (χ0) is 9.68. The van der Waals surface area contributed by atoms with E-state index in [1.807, 2.05) is 0 Å². The molecule has 2 atom stereocenters. The van der Waals surface area contributed by atoms with Gasteiger partial charge in [-0.3, -0.25) is 4.90 Å². The van der Waals surface area contributed by atoms with Crippen molar-refractivity contribution in [3.63, 3.8) is 0 Å². The SMILES string of the molecule is CC(CCN)CN1CCOCC1C. The van der Waals surface area contributed by atoms with Crippen LogP contribution in [0.4, 0.5) is 0 Å². The minimum Gasteiger partial charge on any atom is -0.379 e. The van der Waals surface area contributed by atoms with Crippen LogP contribution in [-0.4, -0.2) is 43.8 Å². The molecule has 0 aromatic rings. The highest BCUT2D eigenvalue weighted by Crippen LogP contribution is 2.10. The highest BCUT2D eigenvalue weighted by molar-refractivity contribution is 4.72. The molecular weight excluding hydrogens is 164 g/mol. The van der Waals surface area contributed by atoms with Gasteiger partial charge in [0.05, 0.1) is 13.2 Å². The molecule has 1 fully saturated rings. The Hall–Kier alpha value is -0.120. The summed E-state index contributed by atoms with van der Waals surface area (Å²) in [4.78, 5) is 2.50. The van der Waals surface area contributed by atoms with Gasteiger partial charge in [-0.1, -0.05) is 6.92 Å². The lowest BCUT2D eigenvalue weighted by atomic mass is 10.1. The Kier molecular flexibility index (Phi) is 4.70. The maximum atomic E-state index is 5.53. The van der Waals surface area contributed by atoms with Crippen LogP contribution < -0.4 is 5.73 Å². The van der Waals surface area contributed by atoms with Crippen LogP contribution in [0.1, 0.15) is 20.3 Å². The molecule has 0 spiro atoms. The molecule has 0 bridgehead atoms. The average molecular weight is 186 g/mol. The topological polar surface area (TPSA) is 38.5 Å². The zero-order valence-corrected chi connectivity index (χ0v) is 8.83. The Morgan fingerprint density at radius 2 is 2.38 bits per heavy atom. The molecule has 3 nitrogen and oxygen atoms in total. The number of nitrogens with two attached hydrogens (primary N) is 1. The third-order valence-electron chi connectivity index (χ3n) is 2.71. The normalized spacial score (nSPS) is 27.5. The molecule has 2 N–H and O–H groups in total. The van der Waals surface area contributed by atoms with E-state index in [1.54, 1.807) is 0 Å². The van der Waals surface area contributed by atoms with Gasteiger partial charge < -0.3 is 10.5 Å². The zero-order valence-electron chi connectivity index (χ0n) is 8.83. The molecule has 1 aliphatic heterocycles. The molecule has 3 heteroatoms. The third-order valence-corrected chi connectivity index (χ3v) is 2.71. The van der Waals surface area contributed by atoms with Gasteiger partial charge in [0, 0.05) is 19.1 Å². The molecule has 1 saturated heterocycles. The van der Waals surface area contributed by atoms with E-state index >= 15 is 0 Å². The van der Waals surface area contributed by atoms with Crippen molar-refractivity contribution >= 4 is 0 Å². The van der Waals surface area contributed by atoms with E-state index in [4.69, 9.17) is 10.5 Å². The Labute approximate surface area is 81.2 Å². The summed E-state index contributed by atoms with van der Waals surface area (Å²) in [5.74, 6) is 0.713. The predicted molar refractivity (Wildman–Crippen MR) is 54.7 cm³/mol. The lowest BCUT2D eigenvalue weighted by molar-refractivity contribution is -0.00649. The van der Waals surface area contributed by atoms with E-state index < -0.39 is 0 Å². The fourth-order valence-electron chi connectivity index (χ4n) is 1.81. The summed E-state index contributed by atoms with van der Waals surface area (Å²) >= 11 is 0. The Balaban J connectivity index is 2.25. The number of hydrogen-bond donors (Lipinski definition) is 1. The van der Waals surface area contributed by atoms with Crippen LogP contribution in [0.15, 0.2) is 0 Å². The number of hydrogen-bond acceptors (Lipinski definition) is 3. The van der Waals surface area contributed by atoms with Crippen molar-refractivity contribution in [2.24, 2.45) is 11.7 Å². The van der Waals surface area contributed by atoms with Crippen LogP contribution in [0.25, 0.3) is 0 Å². The molecule has 2 unspecified atom stereocenters. The van der Waals surface area contributed by atoms with E-state index in [-0.39, 0.29) is 0 Å². The van der Waals surface area contributed by atoms with Gasteiger partial charge in [-0.25, -0.2) is 0 Å². The van der Waals surface area contributed by atoms with Gasteiger partial charge in [0.2, 0.25) is 0 Å². The number of nitrogens with zero attached hydrogens (tertiary/aromatic N) is 1. The van der Waals surface area contributed by atoms with E-state index in [9.17, 15) is 0 Å². The Bertz CT molecular complexity index is 141. The summed E-state index contributed by atoms with van der Waals surface area (Å²) in [6.45, 7) is 9.33. The summed E-state index contributed by atoms with van der Waals surface area (Å²) in [6, 6.07) is 0.578. The first-order chi connectivity index (χ1) is 6.24. The first-order valence-corrected chi connectivity index (χ1v) is 5.26. The van der Waals surface area contributed by atoms with E-state index in [0.717, 1.165) is 32.7 Å². The van der Waals surface area contributed by atoms with Gasteiger partial charge >= 0.3 is 0 Å². The molecule has 0 radical (unpaired) electrons. The van der Waals surface area contributed by atoms with Gasteiger partial charge in [0.25, 0.3) is 0 Å². The molecule has 0 aromatic carbocycles. The van der Waals surface area contributed by atoms with Crippen molar-refractivity contribution in [2.75, 3.05) is 32.8 Å². The number of ether oxygens (including phenoxy) is 1. The van der Waals surface area contributed by atoms with Gasteiger partial charge in [0.15, 0.2) is 0 Å².